The largest absolute Gasteiger partial charge is 0.488 e. The fourth-order valence-electron chi connectivity index (χ4n) is 1.80. The first kappa shape index (κ1) is 11.4. The minimum absolute atomic E-state index is 0.169. The highest BCUT2D eigenvalue weighted by Gasteiger charge is 2.15. The van der Waals surface area contributed by atoms with Crippen molar-refractivity contribution in [3.8, 4) is 5.75 Å². The van der Waals surface area contributed by atoms with E-state index in [-0.39, 0.29) is 6.10 Å². The van der Waals surface area contributed by atoms with Gasteiger partial charge in [-0.15, -0.1) is 0 Å². The highest BCUT2D eigenvalue weighted by atomic mass is 16.6. The molecule has 1 aromatic carbocycles. The number of hydrogen-bond donors (Lipinski definition) is 1. The van der Waals surface area contributed by atoms with Crippen LogP contribution in [0.1, 0.15) is 18.4 Å². The Morgan fingerprint density at radius 1 is 1.44 bits per heavy atom. The zero-order chi connectivity index (χ0) is 11.2. The van der Waals surface area contributed by atoms with Crippen LogP contribution in [-0.4, -0.2) is 19.3 Å². The molecule has 0 aromatic heterocycles. The summed E-state index contributed by atoms with van der Waals surface area (Å²) in [5, 5.41) is 0. The Kier molecular flexibility index (Phi) is 4.16. The minimum atomic E-state index is 0.169. The van der Waals surface area contributed by atoms with Crippen LogP contribution >= 0.6 is 0 Å². The van der Waals surface area contributed by atoms with Gasteiger partial charge < -0.3 is 9.47 Å². The summed E-state index contributed by atoms with van der Waals surface area (Å²) in [5.41, 5.74) is 1.01. The summed E-state index contributed by atoms with van der Waals surface area (Å²) in [5.74, 6) is 5.89. The van der Waals surface area contributed by atoms with E-state index in [4.69, 9.17) is 15.4 Å². The van der Waals surface area contributed by atoms with E-state index in [0.29, 0.717) is 13.2 Å². The third-order valence-corrected chi connectivity index (χ3v) is 2.57. The quantitative estimate of drug-likeness (QED) is 0.788. The second kappa shape index (κ2) is 5.84. The normalized spacial score (nSPS) is 20.7. The maximum absolute atomic E-state index is 5.82. The Bertz CT molecular complexity index is 324. The summed E-state index contributed by atoms with van der Waals surface area (Å²) in [6.07, 6.45) is 2.29. The van der Waals surface area contributed by atoms with Gasteiger partial charge in [0.2, 0.25) is 0 Å². The van der Waals surface area contributed by atoms with Crippen LogP contribution in [0.5, 0.6) is 5.75 Å². The molecule has 2 N–H and O–H groups in total. The van der Waals surface area contributed by atoms with Crippen LogP contribution < -0.4 is 10.6 Å². The van der Waals surface area contributed by atoms with Crippen molar-refractivity contribution in [2.45, 2.75) is 25.6 Å². The van der Waals surface area contributed by atoms with Gasteiger partial charge in [0.05, 0.1) is 13.2 Å². The molecule has 88 valence electrons. The Hall–Kier alpha value is -1.10. The summed E-state index contributed by atoms with van der Waals surface area (Å²) in [6, 6.07) is 7.78. The molecule has 2 rings (SSSR count). The second-order valence-electron chi connectivity index (χ2n) is 3.92. The number of rotatable bonds is 4. The molecule has 4 heteroatoms. The van der Waals surface area contributed by atoms with E-state index >= 15 is 0 Å². The maximum Gasteiger partial charge on any atom is 0.122 e. The molecule has 1 atom stereocenters. The van der Waals surface area contributed by atoms with Crippen molar-refractivity contribution in [2.24, 2.45) is 5.90 Å². The minimum Gasteiger partial charge on any atom is -0.488 e. The first-order valence-electron chi connectivity index (χ1n) is 5.53. The molecule has 4 nitrogen and oxygen atoms in total. The van der Waals surface area contributed by atoms with Crippen molar-refractivity contribution in [1.29, 1.82) is 0 Å². The first-order valence-corrected chi connectivity index (χ1v) is 5.53. The lowest BCUT2D eigenvalue weighted by molar-refractivity contribution is 0.00732. The zero-order valence-electron chi connectivity index (χ0n) is 9.22. The lowest BCUT2D eigenvalue weighted by atomic mass is 10.1. The molecular weight excluding hydrogens is 206 g/mol. The van der Waals surface area contributed by atoms with Crippen molar-refractivity contribution in [1.82, 2.24) is 0 Å². The number of benzene rings is 1. The van der Waals surface area contributed by atoms with Gasteiger partial charge in [0, 0.05) is 6.61 Å². The Balaban J connectivity index is 1.94. The summed E-state index contributed by atoms with van der Waals surface area (Å²) >= 11 is 0. The van der Waals surface area contributed by atoms with E-state index in [1.807, 2.05) is 24.3 Å². The third-order valence-electron chi connectivity index (χ3n) is 2.57. The zero-order valence-corrected chi connectivity index (χ0v) is 9.22. The van der Waals surface area contributed by atoms with E-state index in [9.17, 15) is 0 Å². The monoisotopic (exact) mass is 223 g/mol. The van der Waals surface area contributed by atoms with Gasteiger partial charge >= 0.3 is 0 Å². The van der Waals surface area contributed by atoms with Gasteiger partial charge in [-0.3, -0.25) is 4.84 Å². The molecule has 16 heavy (non-hydrogen) atoms. The summed E-state index contributed by atoms with van der Waals surface area (Å²) in [7, 11) is 0. The third kappa shape index (κ3) is 3.20. The Morgan fingerprint density at radius 3 is 3.12 bits per heavy atom. The number of nitrogens with two attached hydrogens (primary N) is 1. The van der Waals surface area contributed by atoms with Crippen molar-refractivity contribution in [3.05, 3.63) is 29.8 Å². The average Bonchev–Trinajstić information content (AvgIpc) is 2.31. The van der Waals surface area contributed by atoms with Gasteiger partial charge in [0.25, 0.3) is 0 Å². The lowest BCUT2D eigenvalue weighted by Gasteiger charge is -2.23. The predicted molar refractivity (Wildman–Crippen MR) is 59.9 cm³/mol. The van der Waals surface area contributed by atoms with Crippen molar-refractivity contribution < 1.29 is 14.3 Å². The Morgan fingerprint density at radius 2 is 2.38 bits per heavy atom. The highest BCUT2D eigenvalue weighted by molar-refractivity contribution is 5.28. The molecule has 0 bridgehead atoms. The molecule has 1 unspecified atom stereocenters. The molecule has 1 saturated heterocycles. The summed E-state index contributed by atoms with van der Waals surface area (Å²) in [6.45, 7) is 1.93. The SMILES string of the molecule is NOCc1cccc(OC2CCCOC2)c1. The molecular formula is C12H17NO3. The molecule has 1 aromatic rings. The second-order valence-corrected chi connectivity index (χ2v) is 3.92. The highest BCUT2D eigenvalue weighted by Crippen LogP contribution is 2.18. The lowest BCUT2D eigenvalue weighted by Crippen LogP contribution is -2.28. The fraction of sp³-hybridized carbons (Fsp3) is 0.500. The van der Waals surface area contributed by atoms with Crippen molar-refractivity contribution >= 4 is 0 Å². The van der Waals surface area contributed by atoms with E-state index in [1.165, 1.54) is 0 Å². The van der Waals surface area contributed by atoms with Crippen LogP contribution in [0.3, 0.4) is 0 Å². The van der Waals surface area contributed by atoms with Crippen LogP contribution in [0.2, 0.25) is 0 Å². The van der Waals surface area contributed by atoms with Crippen LogP contribution in [-0.2, 0) is 16.2 Å². The molecule has 0 radical (unpaired) electrons. The molecule has 0 amide bonds. The van der Waals surface area contributed by atoms with Crippen molar-refractivity contribution in [2.75, 3.05) is 13.2 Å². The van der Waals surface area contributed by atoms with Gasteiger partial charge in [-0.1, -0.05) is 12.1 Å². The molecule has 1 fully saturated rings. The van der Waals surface area contributed by atoms with Crippen LogP contribution in [0.15, 0.2) is 24.3 Å². The Labute approximate surface area is 95.2 Å². The fourth-order valence-corrected chi connectivity index (χ4v) is 1.80. The molecule has 0 spiro atoms. The first-order chi connectivity index (χ1) is 7.88. The van der Waals surface area contributed by atoms with Gasteiger partial charge in [0.1, 0.15) is 11.9 Å². The number of ether oxygens (including phenoxy) is 2. The van der Waals surface area contributed by atoms with Crippen LogP contribution in [0.4, 0.5) is 0 Å². The van der Waals surface area contributed by atoms with Gasteiger partial charge in [-0.05, 0) is 30.5 Å². The molecule has 1 heterocycles. The van der Waals surface area contributed by atoms with Crippen molar-refractivity contribution in [3.63, 3.8) is 0 Å². The summed E-state index contributed by atoms with van der Waals surface area (Å²) < 4.78 is 11.2. The van der Waals surface area contributed by atoms with E-state index in [2.05, 4.69) is 4.84 Å². The topological polar surface area (TPSA) is 53.7 Å². The molecule has 0 aliphatic carbocycles. The molecule has 1 aliphatic heterocycles. The van der Waals surface area contributed by atoms with Crippen LogP contribution in [0, 0.1) is 0 Å². The number of hydrogen-bond acceptors (Lipinski definition) is 4. The van der Waals surface area contributed by atoms with E-state index in [0.717, 1.165) is 30.8 Å². The average molecular weight is 223 g/mol. The van der Waals surface area contributed by atoms with Gasteiger partial charge in [-0.2, -0.15) is 0 Å². The van der Waals surface area contributed by atoms with E-state index < -0.39 is 0 Å². The molecule has 0 saturated carbocycles. The smallest absolute Gasteiger partial charge is 0.122 e. The summed E-state index contributed by atoms with van der Waals surface area (Å²) in [4.78, 5) is 4.59. The maximum atomic E-state index is 5.82. The van der Waals surface area contributed by atoms with Gasteiger partial charge in [-0.25, -0.2) is 5.90 Å². The van der Waals surface area contributed by atoms with E-state index in [1.54, 1.807) is 0 Å². The van der Waals surface area contributed by atoms with Crippen LogP contribution in [0.25, 0.3) is 0 Å². The van der Waals surface area contributed by atoms with Gasteiger partial charge in [0.15, 0.2) is 0 Å². The standard InChI is InChI=1S/C12H17NO3/c13-15-8-10-3-1-4-11(7-10)16-12-5-2-6-14-9-12/h1,3-4,7,12H,2,5-6,8-9,13H2. The predicted octanol–water partition coefficient (Wildman–Crippen LogP) is 1.63. The molecule has 1 aliphatic rings.